The number of aliphatic hydroxyl groups excluding tert-OH is 3. The third-order valence-electron chi connectivity index (χ3n) is 16.8. The number of aliphatic hydroxyl groups is 6. The normalized spacial score (nSPS) is 35.0. The molecule has 78 heavy (non-hydrogen) atoms. The lowest BCUT2D eigenvalue weighted by atomic mass is 9.69. The Kier molecular flexibility index (Phi) is 12.9. The standard InChI is InChI=1S/C54H58N2O22/c1-19-41(58)25(55)11-31(74-19)76-29-15-51(68,13-23-35(29)49(66)39-37(45(23)62)43(60)21-7-5-9-27(71-3)33(21)47(39)64)53(70)18-73-54(17-57,78-53)52(69)14-24-36(30(16-52)77-32-12-26(56)42(59)20(2)75-32)50(67)40-38(46(24)63)44(61)22-8-6-10-28(72-4)34(22)48(40)65/h5-10,19-20,25-26,29-32,41-42,57-59,62-63,66-70H,11-18,55-56H2,1-4H3/t19-,20-,25-,26-,29-,30-,31-,32-,41+,42+,51-,52-,53-,54?/m0/s1. The first kappa shape index (κ1) is 53.8. The van der Waals surface area contributed by atoms with Gasteiger partial charge in [-0.25, -0.2) is 0 Å². The Morgan fingerprint density at radius 2 is 1.01 bits per heavy atom. The Balaban J connectivity index is 1.01. The molecule has 24 nitrogen and oxygen atoms in total. The second-order valence-corrected chi connectivity index (χ2v) is 21.2. The molecule has 3 aliphatic heterocycles. The van der Waals surface area contributed by atoms with Crippen molar-refractivity contribution in [3.8, 4) is 34.5 Å². The van der Waals surface area contributed by atoms with Gasteiger partial charge in [0, 0.05) is 84.0 Å². The molecule has 3 heterocycles. The van der Waals surface area contributed by atoms with Crippen LogP contribution in [0.3, 0.4) is 0 Å². The van der Waals surface area contributed by atoms with Crippen LogP contribution in [-0.2, 0) is 41.3 Å². The minimum absolute atomic E-state index is 0.0101. The van der Waals surface area contributed by atoms with Gasteiger partial charge in [0.05, 0.1) is 84.2 Å². The zero-order valence-corrected chi connectivity index (χ0v) is 42.4. The van der Waals surface area contributed by atoms with Crippen molar-refractivity contribution in [1.29, 1.82) is 0 Å². The monoisotopic (exact) mass is 1090 g/mol. The number of carbonyl (C=O) groups excluding carboxylic acids is 4. The fourth-order valence-corrected chi connectivity index (χ4v) is 12.6. The SMILES string of the molecule is COc1cccc2c1C(=O)c1c(O)c3c(c(O)c1C2=O)C[C@@](O)(C1(CO)OC[C@@](O)([C@]2(O)Cc4c(O)c5c(c(O)c4[C@@H](O[C@H]4C[C@H](N)[C@H](O)[C@H](C)O4)C2)C(=O)c2c(OC)cccc2C5=O)O1)C[C@@H]3O[C@H]1C[C@H](N)[C@H](O)[C@H](C)O1. The Morgan fingerprint density at radius 1 is 0.603 bits per heavy atom. The maximum Gasteiger partial charge on any atom is 0.224 e. The number of hydrogen-bond donors (Lipinski definition) is 12. The van der Waals surface area contributed by atoms with Gasteiger partial charge in [0.15, 0.2) is 24.1 Å². The summed E-state index contributed by atoms with van der Waals surface area (Å²) in [4.78, 5) is 57.4. The number of carbonyl (C=O) groups is 4. The van der Waals surface area contributed by atoms with Crippen LogP contribution in [-0.4, -0.2) is 173 Å². The smallest absolute Gasteiger partial charge is 0.224 e. The van der Waals surface area contributed by atoms with Crippen molar-refractivity contribution in [3.63, 3.8) is 0 Å². The summed E-state index contributed by atoms with van der Waals surface area (Å²) in [5.74, 6) is -13.1. The van der Waals surface area contributed by atoms with Gasteiger partial charge in [0.1, 0.15) is 58.9 Å². The number of hydrogen-bond acceptors (Lipinski definition) is 24. The van der Waals surface area contributed by atoms with Crippen molar-refractivity contribution in [2.45, 2.75) is 136 Å². The summed E-state index contributed by atoms with van der Waals surface area (Å²) < 4.78 is 47.9. The Bertz CT molecular complexity index is 3220. The van der Waals surface area contributed by atoms with E-state index in [0.717, 1.165) is 0 Å². The third kappa shape index (κ3) is 7.65. The first-order chi connectivity index (χ1) is 36.9. The minimum Gasteiger partial charge on any atom is -0.507 e. The van der Waals surface area contributed by atoms with Crippen LogP contribution in [0.25, 0.3) is 0 Å². The molecule has 3 fully saturated rings. The highest BCUT2D eigenvalue weighted by molar-refractivity contribution is 6.32. The van der Waals surface area contributed by atoms with Gasteiger partial charge in [-0.2, -0.15) is 0 Å². The number of phenols is 4. The van der Waals surface area contributed by atoms with Crippen LogP contribution in [0.2, 0.25) is 0 Å². The Morgan fingerprint density at radius 3 is 1.42 bits per heavy atom. The second kappa shape index (κ2) is 18.7. The molecule has 416 valence electrons. The molecule has 0 bridgehead atoms. The summed E-state index contributed by atoms with van der Waals surface area (Å²) in [5, 5.41) is 121. The number of ether oxygens (including phenoxy) is 8. The zero-order valence-electron chi connectivity index (χ0n) is 42.4. The lowest BCUT2D eigenvalue weighted by Gasteiger charge is -2.50. The quantitative estimate of drug-likeness (QED) is 0.0867. The maximum atomic E-state index is 14.4. The van der Waals surface area contributed by atoms with Gasteiger partial charge in [-0.1, -0.05) is 24.3 Å². The van der Waals surface area contributed by atoms with Gasteiger partial charge in [-0.15, -0.1) is 0 Å². The first-order valence-corrected chi connectivity index (χ1v) is 25.2. The van der Waals surface area contributed by atoms with E-state index in [2.05, 4.69) is 0 Å². The third-order valence-corrected chi connectivity index (χ3v) is 16.8. The number of phenolic OH excluding ortho intramolecular Hbond substituents is 4. The van der Waals surface area contributed by atoms with Gasteiger partial charge in [-0.3, -0.25) is 19.2 Å². The molecule has 7 aliphatic rings. The summed E-state index contributed by atoms with van der Waals surface area (Å²) in [6.45, 7) is 0.573. The predicted octanol–water partition coefficient (Wildman–Crippen LogP) is 0.317. The highest BCUT2D eigenvalue weighted by Gasteiger charge is 2.70. The molecular weight excluding hydrogens is 1030 g/mol. The average molecular weight is 1090 g/mol. The summed E-state index contributed by atoms with van der Waals surface area (Å²) in [5.41, 5.74) is 2.17. The number of methoxy groups -OCH3 is 2. The molecule has 11 rings (SSSR count). The Labute approximate surface area is 443 Å². The van der Waals surface area contributed by atoms with Crippen molar-refractivity contribution >= 4 is 23.1 Å². The largest absolute Gasteiger partial charge is 0.507 e. The summed E-state index contributed by atoms with van der Waals surface area (Å²) in [6, 6.07) is 6.50. The molecule has 4 aromatic rings. The van der Waals surface area contributed by atoms with Gasteiger partial charge in [0.25, 0.3) is 0 Å². The van der Waals surface area contributed by atoms with E-state index in [9.17, 15) is 70.2 Å². The van der Waals surface area contributed by atoms with Crippen molar-refractivity contribution < 1.29 is 108 Å². The van der Waals surface area contributed by atoms with Gasteiger partial charge in [-0.05, 0) is 26.0 Å². The van der Waals surface area contributed by atoms with E-state index in [1.165, 1.54) is 64.5 Å². The van der Waals surface area contributed by atoms with E-state index in [1.807, 2.05) is 0 Å². The molecule has 3 saturated heterocycles. The lowest BCUT2D eigenvalue weighted by molar-refractivity contribution is -0.366. The van der Waals surface area contributed by atoms with Crippen LogP contribution in [0.4, 0.5) is 0 Å². The summed E-state index contributed by atoms with van der Waals surface area (Å²) in [7, 11) is 2.54. The molecule has 24 heteroatoms. The van der Waals surface area contributed by atoms with E-state index in [-0.39, 0.29) is 57.7 Å². The van der Waals surface area contributed by atoms with Gasteiger partial charge < -0.3 is 100 Å². The number of ketones is 4. The molecule has 1 unspecified atom stereocenters. The minimum atomic E-state index is -3.09. The first-order valence-electron chi connectivity index (χ1n) is 25.2. The van der Waals surface area contributed by atoms with E-state index >= 15 is 0 Å². The molecule has 14 atom stereocenters. The van der Waals surface area contributed by atoms with E-state index in [1.54, 1.807) is 0 Å². The average Bonchev–Trinajstić information content (AvgIpc) is 3.84. The maximum absolute atomic E-state index is 14.4. The van der Waals surface area contributed by atoms with Crippen LogP contribution in [0, 0.1) is 0 Å². The molecule has 0 radical (unpaired) electrons. The van der Waals surface area contributed by atoms with E-state index in [4.69, 9.17) is 49.4 Å². The van der Waals surface area contributed by atoms with Crippen molar-refractivity contribution in [2.24, 2.45) is 11.5 Å². The number of fused-ring (bicyclic) bond motifs is 6. The van der Waals surface area contributed by atoms with E-state index < -0.39 is 202 Å². The molecule has 0 amide bonds. The number of rotatable bonds is 9. The van der Waals surface area contributed by atoms with Crippen LogP contribution in [0.15, 0.2) is 36.4 Å². The molecule has 4 aliphatic carbocycles. The number of aromatic hydroxyl groups is 4. The van der Waals surface area contributed by atoms with Crippen LogP contribution >= 0.6 is 0 Å². The second-order valence-electron chi connectivity index (χ2n) is 21.2. The van der Waals surface area contributed by atoms with Gasteiger partial charge in [0.2, 0.25) is 23.1 Å². The topological polar surface area (TPSA) is 396 Å². The van der Waals surface area contributed by atoms with Crippen LogP contribution in [0.1, 0.15) is 138 Å². The highest BCUT2D eigenvalue weighted by Crippen LogP contribution is 2.60. The van der Waals surface area contributed by atoms with E-state index in [0.29, 0.717) is 0 Å². The van der Waals surface area contributed by atoms with Crippen LogP contribution < -0.4 is 20.9 Å². The van der Waals surface area contributed by atoms with Crippen molar-refractivity contribution in [1.82, 2.24) is 0 Å². The lowest BCUT2D eigenvalue weighted by Crippen LogP contribution is -2.65. The predicted molar refractivity (Wildman–Crippen MR) is 261 cm³/mol. The number of benzene rings is 4. The fraction of sp³-hybridized carbons (Fsp3) is 0.481. The van der Waals surface area contributed by atoms with Gasteiger partial charge >= 0.3 is 0 Å². The van der Waals surface area contributed by atoms with Crippen LogP contribution in [0.5, 0.6) is 34.5 Å². The summed E-state index contributed by atoms with van der Waals surface area (Å²) >= 11 is 0. The Hall–Kier alpha value is -6.20. The van der Waals surface area contributed by atoms with Crippen molar-refractivity contribution in [3.05, 3.63) is 103 Å². The molecule has 0 aromatic heterocycles. The van der Waals surface area contributed by atoms with Crippen molar-refractivity contribution in [2.75, 3.05) is 27.4 Å². The molecule has 4 aromatic carbocycles. The molecule has 0 spiro atoms. The highest BCUT2D eigenvalue weighted by atomic mass is 16.8. The molecule has 14 N–H and O–H groups in total. The number of nitrogens with two attached hydrogens (primary N) is 2. The zero-order chi connectivity index (χ0) is 56.0. The molecule has 0 saturated carbocycles. The fourth-order valence-electron chi connectivity index (χ4n) is 12.6. The molecular formula is C54H58N2O22. The summed E-state index contributed by atoms with van der Waals surface area (Å²) in [6.07, 6.45) is -13.9.